The molecule has 1 aromatic rings. The van der Waals surface area contributed by atoms with Crippen molar-refractivity contribution in [3.63, 3.8) is 0 Å². The second-order valence-corrected chi connectivity index (χ2v) is 2.50. The zero-order valence-corrected chi connectivity index (χ0v) is 7.26. The average molecular weight is 197 g/mol. The number of nitro benzene ring substituents is 1. The molecule has 0 aliphatic heterocycles. The molecule has 0 aliphatic rings. The Morgan fingerprint density at radius 2 is 2.21 bits per heavy atom. The molecule has 1 rings (SSSR count). The summed E-state index contributed by atoms with van der Waals surface area (Å²) in [5.74, 6) is -1.02. The Balaban J connectivity index is 3.06. The molecule has 0 saturated heterocycles. The molecule has 0 saturated carbocycles. The van der Waals surface area contributed by atoms with E-state index in [1.165, 1.54) is 13.0 Å². The molecule has 1 N–H and O–H groups in total. The summed E-state index contributed by atoms with van der Waals surface area (Å²) >= 11 is 0. The number of nitro groups is 1. The number of phenols is 1. The van der Waals surface area contributed by atoms with Crippen molar-refractivity contribution >= 4 is 11.7 Å². The Morgan fingerprint density at radius 1 is 1.57 bits per heavy atom. The van der Waals surface area contributed by atoms with Crippen LogP contribution in [0.1, 0.15) is 6.92 Å². The number of benzene rings is 1. The van der Waals surface area contributed by atoms with Gasteiger partial charge < -0.3 is 9.84 Å². The van der Waals surface area contributed by atoms with Crippen LogP contribution in [0, 0.1) is 10.1 Å². The van der Waals surface area contributed by atoms with Crippen LogP contribution in [0.15, 0.2) is 18.2 Å². The third-order valence-corrected chi connectivity index (χ3v) is 1.41. The van der Waals surface area contributed by atoms with Crippen LogP contribution in [-0.4, -0.2) is 16.0 Å². The van der Waals surface area contributed by atoms with Crippen LogP contribution in [0.3, 0.4) is 0 Å². The topological polar surface area (TPSA) is 89.7 Å². The van der Waals surface area contributed by atoms with Gasteiger partial charge in [-0.3, -0.25) is 14.9 Å². The fourth-order valence-corrected chi connectivity index (χ4v) is 0.879. The smallest absolute Gasteiger partial charge is 0.314 e. The zero-order chi connectivity index (χ0) is 10.7. The second-order valence-electron chi connectivity index (χ2n) is 2.50. The van der Waals surface area contributed by atoms with Gasteiger partial charge in [-0.2, -0.15) is 0 Å². The lowest BCUT2D eigenvalue weighted by Gasteiger charge is -2.01. The maximum absolute atomic E-state index is 10.5. The number of aromatic hydroxyl groups is 1. The molecule has 0 bridgehead atoms. The number of hydrogen-bond acceptors (Lipinski definition) is 5. The lowest BCUT2D eigenvalue weighted by Crippen LogP contribution is -2.01. The lowest BCUT2D eigenvalue weighted by atomic mass is 10.3. The van der Waals surface area contributed by atoms with Crippen molar-refractivity contribution in [3.05, 3.63) is 28.3 Å². The first-order valence-corrected chi connectivity index (χ1v) is 3.66. The first kappa shape index (κ1) is 9.97. The Morgan fingerprint density at radius 3 is 2.71 bits per heavy atom. The van der Waals surface area contributed by atoms with E-state index in [1.54, 1.807) is 0 Å². The SMILES string of the molecule is CC(=O)Oc1ccc(O)c([N+](=O)[O-])c1. The lowest BCUT2D eigenvalue weighted by molar-refractivity contribution is -0.385. The van der Waals surface area contributed by atoms with Crippen molar-refractivity contribution in [2.75, 3.05) is 0 Å². The number of rotatable bonds is 2. The molecule has 6 nitrogen and oxygen atoms in total. The second kappa shape index (κ2) is 3.73. The van der Waals surface area contributed by atoms with Gasteiger partial charge in [0.15, 0.2) is 5.75 Å². The van der Waals surface area contributed by atoms with Gasteiger partial charge in [0.05, 0.1) is 11.0 Å². The van der Waals surface area contributed by atoms with E-state index in [0.29, 0.717) is 0 Å². The van der Waals surface area contributed by atoms with E-state index < -0.39 is 22.3 Å². The maximum Gasteiger partial charge on any atom is 0.314 e. The molecular formula is C8H7NO5. The van der Waals surface area contributed by atoms with E-state index in [2.05, 4.69) is 4.74 Å². The van der Waals surface area contributed by atoms with Crippen LogP contribution in [-0.2, 0) is 4.79 Å². The highest BCUT2D eigenvalue weighted by Crippen LogP contribution is 2.29. The minimum absolute atomic E-state index is 0.0296. The molecule has 14 heavy (non-hydrogen) atoms. The van der Waals surface area contributed by atoms with E-state index in [0.717, 1.165) is 12.1 Å². The maximum atomic E-state index is 10.5. The number of ether oxygens (including phenoxy) is 1. The molecule has 0 aliphatic carbocycles. The van der Waals surface area contributed by atoms with Crippen LogP contribution in [0.2, 0.25) is 0 Å². The van der Waals surface area contributed by atoms with Crippen molar-refractivity contribution in [3.8, 4) is 11.5 Å². The standard InChI is InChI=1S/C8H7NO5/c1-5(10)14-6-2-3-8(11)7(4-6)9(12)13/h2-4,11H,1H3. The molecule has 0 spiro atoms. The number of carbonyl (C=O) groups is 1. The molecule has 0 radical (unpaired) electrons. The van der Waals surface area contributed by atoms with Crippen molar-refractivity contribution in [2.45, 2.75) is 6.92 Å². The van der Waals surface area contributed by atoms with Crippen molar-refractivity contribution in [1.29, 1.82) is 0 Å². The van der Waals surface area contributed by atoms with E-state index in [4.69, 9.17) is 5.11 Å². The number of nitrogens with zero attached hydrogens (tertiary/aromatic N) is 1. The molecule has 0 atom stereocenters. The number of carbonyl (C=O) groups excluding carboxylic acids is 1. The first-order valence-electron chi connectivity index (χ1n) is 3.66. The fourth-order valence-electron chi connectivity index (χ4n) is 0.879. The minimum Gasteiger partial charge on any atom is -0.502 e. The van der Waals surface area contributed by atoms with Crippen LogP contribution in [0.5, 0.6) is 11.5 Å². The molecular weight excluding hydrogens is 190 g/mol. The van der Waals surface area contributed by atoms with Crippen molar-refractivity contribution in [1.82, 2.24) is 0 Å². The Hall–Kier alpha value is -2.11. The highest BCUT2D eigenvalue weighted by molar-refractivity contribution is 5.70. The third kappa shape index (κ3) is 2.19. The van der Waals surface area contributed by atoms with Gasteiger partial charge in [0.1, 0.15) is 5.75 Å². The molecule has 6 heteroatoms. The summed E-state index contributed by atoms with van der Waals surface area (Å²) in [4.78, 5) is 20.1. The summed E-state index contributed by atoms with van der Waals surface area (Å²) in [6, 6.07) is 3.34. The van der Waals surface area contributed by atoms with E-state index in [9.17, 15) is 14.9 Å². The summed E-state index contributed by atoms with van der Waals surface area (Å²) in [5, 5.41) is 19.4. The molecule has 0 unspecified atom stereocenters. The van der Waals surface area contributed by atoms with E-state index in [-0.39, 0.29) is 5.75 Å². The normalized spacial score (nSPS) is 9.50. The van der Waals surface area contributed by atoms with Gasteiger partial charge in [0.25, 0.3) is 0 Å². The molecule has 0 aromatic heterocycles. The highest BCUT2D eigenvalue weighted by Gasteiger charge is 2.14. The van der Waals surface area contributed by atoms with Gasteiger partial charge in [-0.05, 0) is 12.1 Å². The summed E-state index contributed by atoms with van der Waals surface area (Å²) in [6.07, 6.45) is 0. The van der Waals surface area contributed by atoms with Crippen molar-refractivity contribution in [2.24, 2.45) is 0 Å². The molecule has 0 heterocycles. The van der Waals surface area contributed by atoms with Crippen molar-refractivity contribution < 1.29 is 19.6 Å². The van der Waals surface area contributed by atoms with Crippen LogP contribution >= 0.6 is 0 Å². The van der Waals surface area contributed by atoms with Crippen LogP contribution < -0.4 is 4.74 Å². The van der Waals surface area contributed by atoms with Gasteiger partial charge in [-0.15, -0.1) is 0 Å². The Kier molecular flexibility index (Phi) is 2.66. The predicted octanol–water partition coefficient (Wildman–Crippen LogP) is 1.23. The first-order chi connectivity index (χ1) is 6.50. The summed E-state index contributed by atoms with van der Waals surface area (Å²) < 4.78 is 4.61. The Bertz CT molecular complexity index is 387. The van der Waals surface area contributed by atoms with Crippen LogP contribution in [0.25, 0.3) is 0 Å². The van der Waals surface area contributed by atoms with Gasteiger partial charge >= 0.3 is 11.7 Å². The molecule has 0 fully saturated rings. The van der Waals surface area contributed by atoms with E-state index >= 15 is 0 Å². The molecule has 0 amide bonds. The van der Waals surface area contributed by atoms with Gasteiger partial charge in [-0.25, -0.2) is 0 Å². The minimum atomic E-state index is -0.762. The summed E-state index contributed by atoms with van der Waals surface area (Å²) in [6.45, 7) is 1.18. The number of hydrogen-bond donors (Lipinski definition) is 1. The monoisotopic (exact) mass is 197 g/mol. The van der Waals surface area contributed by atoms with E-state index in [1.807, 2.05) is 0 Å². The number of phenolic OH excluding ortho intramolecular Hbond substituents is 1. The third-order valence-electron chi connectivity index (χ3n) is 1.41. The summed E-state index contributed by atoms with van der Waals surface area (Å²) in [7, 11) is 0. The number of esters is 1. The van der Waals surface area contributed by atoms with Gasteiger partial charge in [0, 0.05) is 6.92 Å². The fraction of sp³-hybridized carbons (Fsp3) is 0.125. The zero-order valence-electron chi connectivity index (χ0n) is 7.26. The average Bonchev–Trinajstić information content (AvgIpc) is 2.07. The van der Waals surface area contributed by atoms with Gasteiger partial charge in [-0.1, -0.05) is 0 Å². The Labute approximate surface area is 78.9 Å². The highest BCUT2D eigenvalue weighted by atomic mass is 16.6. The summed E-state index contributed by atoms with van der Waals surface area (Å²) in [5.41, 5.74) is -0.497. The molecule has 1 aromatic carbocycles. The van der Waals surface area contributed by atoms with Crippen LogP contribution in [0.4, 0.5) is 5.69 Å². The predicted molar refractivity (Wildman–Crippen MR) is 46.1 cm³/mol. The largest absolute Gasteiger partial charge is 0.502 e. The quantitative estimate of drug-likeness (QED) is 0.333. The van der Waals surface area contributed by atoms with Gasteiger partial charge in [0.2, 0.25) is 0 Å². The molecule has 74 valence electrons.